The van der Waals surface area contributed by atoms with Crippen LogP contribution < -0.4 is 11.1 Å². The van der Waals surface area contributed by atoms with Gasteiger partial charge in [-0.25, -0.2) is 4.52 Å². The Morgan fingerprint density at radius 3 is 2.94 bits per heavy atom. The number of fused-ring (bicyclic) bond motifs is 1. The monoisotopic (exact) mass is 232 g/mol. The van der Waals surface area contributed by atoms with Crippen LogP contribution in [0.25, 0.3) is 5.52 Å². The van der Waals surface area contributed by atoms with Crippen LogP contribution in [0.4, 0.5) is 11.5 Å². The predicted octanol–water partition coefficient (Wildman–Crippen LogP) is 2.91. The minimum absolute atomic E-state index is 0.737. The Hall–Kier alpha value is -1.71. The van der Waals surface area contributed by atoms with Gasteiger partial charge in [-0.1, -0.05) is 32.3 Å². The van der Waals surface area contributed by atoms with Gasteiger partial charge in [-0.15, -0.1) is 5.10 Å². The Kier molecular flexibility index (Phi) is 3.85. The van der Waals surface area contributed by atoms with Gasteiger partial charge >= 0.3 is 0 Å². The third-order valence-corrected chi connectivity index (χ3v) is 2.90. The van der Waals surface area contributed by atoms with Crippen molar-refractivity contribution < 1.29 is 0 Å². The minimum Gasteiger partial charge on any atom is -0.394 e. The highest BCUT2D eigenvalue weighted by Gasteiger charge is 2.07. The van der Waals surface area contributed by atoms with E-state index < -0.39 is 0 Å². The van der Waals surface area contributed by atoms with Gasteiger partial charge in [0.25, 0.3) is 0 Å². The largest absolute Gasteiger partial charge is 0.394 e. The lowest BCUT2D eigenvalue weighted by molar-refractivity contribution is 0.684. The minimum atomic E-state index is 0.737. The van der Waals surface area contributed by atoms with Crippen LogP contribution in [0.5, 0.6) is 0 Å². The molecule has 4 nitrogen and oxygen atoms in total. The van der Waals surface area contributed by atoms with E-state index in [9.17, 15) is 0 Å². The number of nitrogens with one attached hydrogen (secondary N) is 1. The molecule has 0 fully saturated rings. The van der Waals surface area contributed by atoms with Crippen LogP contribution in [0.1, 0.15) is 32.6 Å². The number of nitrogens with two attached hydrogens (primary N) is 1. The number of aromatic nitrogens is 2. The van der Waals surface area contributed by atoms with Crippen molar-refractivity contribution in [2.75, 3.05) is 17.6 Å². The summed E-state index contributed by atoms with van der Waals surface area (Å²) in [4.78, 5) is 0. The normalized spacial score (nSPS) is 10.9. The SMILES string of the molecule is CCCCCCNc1nn2ccccc2c1N. The van der Waals surface area contributed by atoms with Crippen molar-refractivity contribution in [3.8, 4) is 0 Å². The van der Waals surface area contributed by atoms with Crippen molar-refractivity contribution in [3.05, 3.63) is 24.4 Å². The molecule has 0 radical (unpaired) electrons. The highest BCUT2D eigenvalue weighted by molar-refractivity contribution is 5.80. The zero-order chi connectivity index (χ0) is 12.1. The molecule has 0 saturated heterocycles. The maximum absolute atomic E-state index is 6.03. The van der Waals surface area contributed by atoms with Gasteiger partial charge in [0.1, 0.15) is 5.69 Å². The number of nitrogen functional groups attached to an aromatic ring is 1. The van der Waals surface area contributed by atoms with Crippen LogP contribution in [-0.2, 0) is 0 Å². The third-order valence-electron chi connectivity index (χ3n) is 2.90. The van der Waals surface area contributed by atoms with E-state index in [1.807, 2.05) is 28.9 Å². The second-order valence-electron chi connectivity index (χ2n) is 4.28. The highest BCUT2D eigenvalue weighted by atomic mass is 15.3. The van der Waals surface area contributed by atoms with Gasteiger partial charge in [0.2, 0.25) is 0 Å². The Bertz CT molecular complexity index is 475. The molecule has 0 aromatic carbocycles. The first-order chi connectivity index (χ1) is 8.33. The van der Waals surface area contributed by atoms with E-state index in [2.05, 4.69) is 17.3 Å². The smallest absolute Gasteiger partial charge is 0.172 e. The average molecular weight is 232 g/mol. The van der Waals surface area contributed by atoms with Crippen LogP contribution in [0.3, 0.4) is 0 Å². The second-order valence-corrected chi connectivity index (χ2v) is 4.28. The molecule has 2 aromatic heterocycles. The number of pyridine rings is 1. The van der Waals surface area contributed by atoms with Gasteiger partial charge in [-0.3, -0.25) is 0 Å². The molecule has 0 bridgehead atoms. The molecule has 92 valence electrons. The van der Waals surface area contributed by atoms with Gasteiger partial charge in [0.05, 0.1) is 5.52 Å². The zero-order valence-electron chi connectivity index (χ0n) is 10.3. The van der Waals surface area contributed by atoms with Gasteiger partial charge < -0.3 is 11.1 Å². The van der Waals surface area contributed by atoms with Crippen LogP contribution in [0, 0.1) is 0 Å². The van der Waals surface area contributed by atoms with Crippen LogP contribution in [-0.4, -0.2) is 16.2 Å². The maximum Gasteiger partial charge on any atom is 0.172 e. The summed E-state index contributed by atoms with van der Waals surface area (Å²) >= 11 is 0. The number of hydrogen-bond donors (Lipinski definition) is 2. The molecule has 17 heavy (non-hydrogen) atoms. The van der Waals surface area contributed by atoms with Gasteiger partial charge in [0, 0.05) is 12.7 Å². The summed E-state index contributed by atoms with van der Waals surface area (Å²) in [5.74, 6) is 0.799. The molecule has 0 saturated carbocycles. The summed E-state index contributed by atoms with van der Waals surface area (Å²) in [6.45, 7) is 3.15. The molecule has 0 aliphatic rings. The number of unbranched alkanes of at least 4 members (excludes halogenated alkanes) is 3. The third kappa shape index (κ3) is 2.70. The first kappa shape index (κ1) is 11.8. The van der Waals surface area contributed by atoms with E-state index in [1.165, 1.54) is 25.7 Å². The van der Waals surface area contributed by atoms with Crippen LogP contribution in [0.2, 0.25) is 0 Å². The lowest BCUT2D eigenvalue weighted by Crippen LogP contribution is -2.03. The number of rotatable bonds is 6. The molecule has 2 heterocycles. The van der Waals surface area contributed by atoms with E-state index in [0.29, 0.717) is 0 Å². The highest BCUT2D eigenvalue weighted by Crippen LogP contribution is 2.22. The molecular weight excluding hydrogens is 212 g/mol. The fraction of sp³-hybridized carbons (Fsp3) is 0.462. The number of hydrogen-bond acceptors (Lipinski definition) is 3. The Labute approximate surface area is 102 Å². The van der Waals surface area contributed by atoms with Crippen molar-refractivity contribution in [2.45, 2.75) is 32.6 Å². The maximum atomic E-state index is 6.03. The fourth-order valence-corrected chi connectivity index (χ4v) is 1.91. The molecule has 0 aliphatic carbocycles. The summed E-state index contributed by atoms with van der Waals surface area (Å²) in [6, 6.07) is 5.90. The van der Waals surface area contributed by atoms with Gasteiger partial charge in [0.15, 0.2) is 5.82 Å². The Balaban J connectivity index is 1.97. The van der Waals surface area contributed by atoms with Gasteiger partial charge in [-0.2, -0.15) is 0 Å². The zero-order valence-corrected chi connectivity index (χ0v) is 10.3. The number of nitrogens with zero attached hydrogens (tertiary/aromatic N) is 2. The molecule has 0 atom stereocenters. The predicted molar refractivity (Wildman–Crippen MR) is 72.2 cm³/mol. The standard InChI is InChI=1S/C13H20N4/c1-2-3-4-6-9-15-13-12(14)11-8-5-7-10-17(11)16-13/h5,7-8,10H,2-4,6,9,14H2,1H3,(H,15,16). The van der Waals surface area contributed by atoms with Crippen molar-refractivity contribution >= 4 is 17.0 Å². The first-order valence-electron chi connectivity index (χ1n) is 6.29. The fourth-order valence-electron chi connectivity index (χ4n) is 1.91. The summed E-state index contributed by atoms with van der Waals surface area (Å²) in [5, 5.41) is 7.71. The summed E-state index contributed by atoms with van der Waals surface area (Å²) in [5.41, 5.74) is 7.73. The number of anilines is 2. The topological polar surface area (TPSA) is 55.4 Å². The summed E-state index contributed by atoms with van der Waals surface area (Å²) in [7, 11) is 0. The summed E-state index contributed by atoms with van der Waals surface area (Å²) in [6.07, 6.45) is 6.89. The molecule has 0 spiro atoms. The van der Waals surface area contributed by atoms with Crippen molar-refractivity contribution in [3.63, 3.8) is 0 Å². The molecule has 2 rings (SSSR count). The van der Waals surface area contributed by atoms with E-state index in [0.717, 1.165) is 23.6 Å². The van der Waals surface area contributed by atoms with Gasteiger partial charge in [-0.05, 0) is 18.6 Å². The van der Waals surface area contributed by atoms with Crippen LogP contribution >= 0.6 is 0 Å². The molecule has 0 amide bonds. The van der Waals surface area contributed by atoms with Crippen molar-refractivity contribution in [1.82, 2.24) is 9.61 Å². The van der Waals surface area contributed by atoms with Crippen molar-refractivity contribution in [1.29, 1.82) is 0 Å². The Morgan fingerprint density at radius 1 is 1.29 bits per heavy atom. The first-order valence-corrected chi connectivity index (χ1v) is 6.29. The van der Waals surface area contributed by atoms with Crippen LogP contribution in [0.15, 0.2) is 24.4 Å². The molecule has 0 aliphatic heterocycles. The summed E-state index contributed by atoms with van der Waals surface area (Å²) < 4.78 is 1.81. The molecule has 0 unspecified atom stereocenters. The molecular formula is C13H20N4. The lowest BCUT2D eigenvalue weighted by atomic mass is 10.2. The average Bonchev–Trinajstić information content (AvgIpc) is 2.67. The van der Waals surface area contributed by atoms with Crippen molar-refractivity contribution in [2.24, 2.45) is 0 Å². The Morgan fingerprint density at radius 2 is 2.18 bits per heavy atom. The second kappa shape index (κ2) is 5.57. The lowest BCUT2D eigenvalue weighted by Gasteiger charge is -2.02. The molecule has 3 N–H and O–H groups in total. The van der Waals surface area contributed by atoms with E-state index in [1.54, 1.807) is 0 Å². The molecule has 2 aromatic rings. The van der Waals surface area contributed by atoms with E-state index >= 15 is 0 Å². The van der Waals surface area contributed by atoms with E-state index in [-0.39, 0.29) is 0 Å². The quantitative estimate of drug-likeness (QED) is 0.753. The molecule has 4 heteroatoms. The van der Waals surface area contributed by atoms with E-state index in [4.69, 9.17) is 5.73 Å².